The van der Waals surface area contributed by atoms with Gasteiger partial charge in [-0.05, 0) is 19.1 Å². The van der Waals surface area contributed by atoms with E-state index in [0.29, 0.717) is 23.1 Å². The van der Waals surface area contributed by atoms with Gasteiger partial charge in [0, 0.05) is 15.9 Å². The van der Waals surface area contributed by atoms with E-state index in [9.17, 15) is 4.79 Å². The molecular formula is C12H11BrClNO3. The van der Waals surface area contributed by atoms with Crippen LogP contribution in [0.3, 0.4) is 0 Å². The van der Waals surface area contributed by atoms with Gasteiger partial charge in [0.15, 0.2) is 0 Å². The van der Waals surface area contributed by atoms with Gasteiger partial charge in [0.2, 0.25) is 0 Å². The number of alkyl halides is 1. The molecule has 0 saturated heterocycles. The first-order chi connectivity index (χ1) is 8.49. The topological polar surface area (TPSA) is 65.5 Å². The fraction of sp³-hybridized carbons (Fsp3) is 0.250. The van der Waals surface area contributed by atoms with Crippen molar-refractivity contribution in [2.45, 2.75) is 11.8 Å². The van der Waals surface area contributed by atoms with Crippen molar-refractivity contribution in [2.24, 2.45) is 0 Å². The van der Waals surface area contributed by atoms with Crippen molar-refractivity contribution >= 4 is 44.0 Å². The lowest BCUT2D eigenvalue weighted by atomic mass is 10.1. The minimum Gasteiger partial charge on any atom is -0.463 e. The molecule has 0 bridgehead atoms. The summed E-state index contributed by atoms with van der Waals surface area (Å²) in [5, 5.41) is 1.19. The van der Waals surface area contributed by atoms with Gasteiger partial charge in [-0.25, -0.2) is 4.79 Å². The van der Waals surface area contributed by atoms with Gasteiger partial charge < -0.3 is 14.9 Å². The van der Waals surface area contributed by atoms with Crippen LogP contribution in [-0.4, -0.2) is 11.4 Å². The van der Waals surface area contributed by atoms with Gasteiger partial charge in [-0.3, -0.25) is 0 Å². The molecule has 0 fully saturated rings. The molecule has 1 aromatic heterocycles. The zero-order chi connectivity index (χ0) is 13.3. The lowest BCUT2D eigenvalue weighted by Crippen LogP contribution is -2.10. The average molecular weight is 333 g/mol. The van der Waals surface area contributed by atoms with Gasteiger partial charge in [-0.15, -0.1) is 0 Å². The fourth-order valence-electron chi connectivity index (χ4n) is 1.50. The number of ether oxygens (including phenoxy) is 1. The molecule has 6 heteroatoms. The third-order valence-electron chi connectivity index (χ3n) is 2.31. The van der Waals surface area contributed by atoms with E-state index in [-0.39, 0.29) is 15.8 Å². The minimum absolute atomic E-state index is 0.0326. The second-order valence-corrected chi connectivity index (χ2v) is 5.83. The number of nitrogen functional groups attached to an aromatic ring is 1. The molecule has 2 N–H and O–H groups in total. The third kappa shape index (κ3) is 2.62. The number of benzene rings is 1. The number of anilines is 1. The molecule has 2 rings (SSSR count). The van der Waals surface area contributed by atoms with Crippen molar-refractivity contribution in [3.8, 4) is 5.95 Å². The molecule has 1 aromatic carbocycles. The summed E-state index contributed by atoms with van der Waals surface area (Å²) in [6.45, 7) is 2.26. The molecule has 1 heterocycles. The van der Waals surface area contributed by atoms with Crippen molar-refractivity contribution in [1.29, 1.82) is 0 Å². The minimum atomic E-state index is -0.515. The van der Waals surface area contributed by atoms with Crippen molar-refractivity contribution in [3.63, 3.8) is 0 Å². The molecule has 18 heavy (non-hydrogen) atoms. The quantitative estimate of drug-likeness (QED) is 0.692. The predicted molar refractivity (Wildman–Crippen MR) is 75.8 cm³/mol. The first-order valence-corrected chi connectivity index (χ1v) is 6.57. The van der Waals surface area contributed by atoms with Crippen molar-refractivity contribution in [3.05, 3.63) is 33.6 Å². The van der Waals surface area contributed by atoms with Crippen LogP contribution in [0.15, 0.2) is 27.4 Å². The van der Waals surface area contributed by atoms with E-state index in [1.54, 1.807) is 12.1 Å². The van der Waals surface area contributed by atoms with E-state index < -0.39 is 5.63 Å². The fourth-order valence-corrected chi connectivity index (χ4v) is 1.89. The number of hydrogen-bond acceptors (Lipinski definition) is 4. The van der Waals surface area contributed by atoms with E-state index in [2.05, 4.69) is 15.9 Å². The smallest absolute Gasteiger partial charge is 0.346 e. The van der Waals surface area contributed by atoms with E-state index in [1.807, 2.05) is 6.92 Å². The summed E-state index contributed by atoms with van der Waals surface area (Å²) in [6.07, 6.45) is 0. The molecule has 0 aliphatic rings. The van der Waals surface area contributed by atoms with Crippen molar-refractivity contribution in [2.75, 3.05) is 12.3 Å². The predicted octanol–water partition coefficient (Wildman–Crippen LogP) is 3.19. The molecule has 1 unspecified atom stereocenters. The molecule has 4 nitrogen and oxygen atoms in total. The van der Waals surface area contributed by atoms with E-state index in [1.165, 1.54) is 6.07 Å². The Hall–Kier alpha value is -1.20. The van der Waals surface area contributed by atoms with Gasteiger partial charge in [0.1, 0.15) is 11.6 Å². The van der Waals surface area contributed by atoms with Gasteiger partial charge in [-0.1, -0.05) is 33.6 Å². The highest BCUT2D eigenvalue weighted by molar-refractivity contribution is 9.09. The standard InChI is InChI=1S/C12H11BrClNO3/c1-6(13)5-17-12-10(14)8-3-2-7(15)4-9(8)11(16)18-12/h2-4,6H,5,15H2,1H3. The maximum Gasteiger partial charge on any atom is 0.346 e. The molecular weight excluding hydrogens is 321 g/mol. The van der Waals surface area contributed by atoms with Crippen LogP contribution in [0.2, 0.25) is 5.02 Å². The summed E-state index contributed by atoms with van der Waals surface area (Å²) in [5.74, 6) is 0.0326. The van der Waals surface area contributed by atoms with Gasteiger partial charge in [-0.2, -0.15) is 0 Å². The SMILES string of the molecule is CC(Br)COc1oc(=O)c2cc(N)ccc2c1Cl. The first kappa shape index (κ1) is 13.2. The van der Waals surface area contributed by atoms with Crippen LogP contribution >= 0.6 is 27.5 Å². The summed E-state index contributed by atoms with van der Waals surface area (Å²) >= 11 is 9.47. The monoisotopic (exact) mass is 331 g/mol. The summed E-state index contributed by atoms with van der Waals surface area (Å²) in [4.78, 5) is 11.9. The second-order valence-electron chi connectivity index (χ2n) is 3.89. The lowest BCUT2D eigenvalue weighted by molar-refractivity contribution is 0.237. The molecule has 0 radical (unpaired) electrons. The number of fused-ring (bicyclic) bond motifs is 1. The molecule has 0 saturated carbocycles. The van der Waals surface area contributed by atoms with E-state index in [4.69, 9.17) is 26.5 Å². The van der Waals surface area contributed by atoms with Crippen molar-refractivity contribution < 1.29 is 9.15 Å². The average Bonchev–Trinajstić information content (AvgIpc) is 2.31. The normalized spacial score (nSPS) is 12.6. The summed E-state index contributed by atoms with van der Waals surface area (Å²) in [7, 11) is 0. The Kier molecular flexibility index (Phi) is 3.82. The van der Waals surface area contributed by atoms with Crippen LogP contribution in [0.25, 0.3) is 10.8 Å². The zero-order valence-electron chi connectivity index (χ0n) is 9.57. The number of nitrogens with two attached hydrogens (primary N) is 1. The van der Waals surface area contributed by atoms with E-state index in [0.717, 1.165) is 0 Å². The summed E-state index contributed by atoms with van der Waals surface area (Å²) in [5.41, 5.74) is 5.58. The number of hydrogen-bond donors (Lipinski definition) is 1. The Bertz CT molecular complexity index is 639. The van der Waals surface area contributed by atoms with Gasteiger partial charge >= 0.3 is 11.6 Å². The molecule has 0 aliphatic carbocycles. The zero-order valence-corrected chi connectivity index (χ0v) is 11.9. The third-order valence-corrected chi connectivity index (χ3v) is 2.93. The highest BCUT2D eigenvalue weighted by Gasteiger charge is 2.14. The molecule has 96 valence electrons. The van der Waals surface area contributed by atoms with Crippen LogP contribution < -0.4 is 16.1 Å². The maximum absolute atomic E-state index is 11.8. The Labute approximate surface area is 117 Å². The van der Waals surface area contributed by atoms with E-state index >= 15 is 0 Å². The van der Waals surface area contributed by atoms with Gasteiger partial charge in [0.05, 0.1) is 5.39 Å². The number of halogens is 2. The van der Waals surface area contributed by atoms with Crippen molar-refractivity contribution in [1.82, 2.24) is 0 Å². The Morgan fingerprint density at radius 1 is 1.50 bits per heavy atom. The van der Waals surface area contributed by atoms with Crippen LogP contribution in [0, 0.1) is 0 Å². The summed E-state index contributed by atoms with van der Waals surface area (Å²) in [6, 6.07) is 4.88. The highest BCUT2D eigenvalue weighted by atomic mass is 79.9. The van der Waals surface area contributed by atoms with Crippen LogP contribution in [0.5, 0.6) is 5.95 Å². The molecule has 0 amide bonds. The Morgan fingerprint density at radius 2 is 2.22 bits per heavy atom. The molecule has 2 aromatic rings. The second kappa shape index (κ2) is 5.20. The van der Waals surface area contributed by atoms with Crippen LogP contribution in [0.4, 0.5) is 5.69 Å². The molecule has 0 spiro atoms. The van der Waals surface area contributed by atoms with Crippen LogP contribution in [0.1, 0.15) is 6.92 Å². The highest BCUT2D eigenvalue weighted by Crippen LogP contribution is 2.31. The first-order valence-electron chi connectivity index (χ1n) is 5.27. The van der Waals surface area contributed by atoms with Crippen LogP contribution in [-0.2, 0) is 0 Å². The maximum atomic E-state index is 11.8. The number of rotatable bonds is 3. The molecule has 0 aliphatic heterocycles. The Morgan fingerprint density at radius 3 is 2.89 bits per heavy atom. The largest absolute Gasteiger partial charge is 0.463 e. The summed E-state index contributed by atoms with van der Waals surface area (Å²) < 4.78 is 10.4. The van der Waals surface area contributed by atoms with Gasteiger partial charge in [0.25, 0.3) is 0 Å². The lowest BCUT2D eigenvalue weighted by Gasteiger charge is -2.09. The Balaban J connectivity index is 2.55. The molecule has 1 atom stereocenters.